The lowest BCUT2D eigenvalue weighted by Gasteiger charge is -2.10. The Bertz CT molecular complexity index is 818. The summed E-state index contributed by atoms with van der Waals surface area (Å²) in [5.74, 6) is -0.521. The standard InChI is InChI=1S/C15H12FN5O2/c1-23-14-8-11(16)4-7-13(14)18-15(22)10-2-5-12(6-3-10)21-9-17-19-20-21/h2-9H,1H3,(H,18,22). The fourth-order valence-electron chi connectivity index (χ4n) is 2.01. The quantitative estimate of drug-likeness (QED) is 0.797. The summed E-state index contributed by atoms with van der Waals surface area (Å²) in [6.45, 7) is 0. The summed E-state index contributed by atoms with van der Waals surface area (Å²) >= 11 is 0. The molecule has 0 unspecified atom stereocenters. The van der Waals surface area contributed by atoms with Crippen LogP contribution in [0.3, 0.4) is 0 Å². The normalized spacial score (nSPS) is 10.3. The zero-order chi connectivity index (χ0) is 16.2. The molecule has 0 aliphatic rings. The molecule has 0 saturated carbocycles. The van der Waals surface area contributed by atoms with Crippen molar-refractivity contribution in [1.82, 2.24) is 20.2 Å². The fourth-order valence-corrected chi connectivity index (χ4v) is 2.01. The Kier molecular flexibility index (Phi) is 3.96. The van der Waals surface area contributed by atoms with Crippen molar-refractivity contribution in [3.05, 3.63) is 60.2 Å². The number of nitrogens with one attached hydrogen (secondary N) is 1. The number of carbonyl (C=O) groups is 1. The first-order chi connectivity index (χ1) is 11.2. The maximum absolute atomic E-state index is 13.2. The minimum Gasteiger partial charge on any atom is -0.494 e. The highest BCUT2D eigenvalue weighted by Gasteiger charge is 2.11. The minimum absolute atomic E-state index is 0.253. The molecule has 0 atom stereocenters. The van der Waals surface area contributed by atoms with Crippen LogP contribution in [0.1, 0.15) is 10.4 Å². The van der Waals surface area contributed by atoms with Gasteiger partial charge in [-0.1, -0.05) is 0 Å². The Hall–Kier alpha value is -3.29. The first kappa shape index (κ1) is 14.6. The predicted octanol–water partition coefficient (Wildman–Crippen LogP) is 2.06. The molecule has 8 heteroatoms. The van der Waals surface area contributed by atoms with Crippen LogP contribution < -0.4 is 10.1 Å². The summed E-state index contributed by atoms with van der Waals surface area (Å²) in [6.07, 6.45) is 1.46. The Labute approximate surface area is 130 Å². The summed E-state index contributed by atoms with van der Waals surface area (Å²) in [4.78, 5) is 12.3. The zero-order valence-electron chi connectivity index (χ0n) is 12.1. The van der Waals surface area contributed by atoms with E-state index >= 15 is 0 Å². The molecule has 0 saturated heterocycles. The number of rotatable bonds is 4. The summed E-state index contributed by atoms with van der Waals surface area (Å²) in [5, 5.41) is 13.5. The molecule has 116 valence electrons. The fraction of sp³-hybridized carbons (Fsp3) is 0.0667. The number of hydrogen-bond donors (Lipinski definition) is 1. The van der Waals surface area contributed by atoms with Gasteiger partial charge in [-0.3, -0.25) is 4.79 Å². The van der Waals surface area contributed by atoms with Crippen molar-refractivity contribution in [2.24, 2.45) is 0 Å². The maximum Gasteiger partial charge on any atom is 0.255 e. The van der Waals surface area contributed by atoms with E-state index in [-0.39, 0.29) is 11.7 Å². The summed E-state index contributed by atoms with van der Waals surface area (Å²) < 4.78 is 19.7. The smallest absolute Gasteiger partial charge is 0.255 e. The number of hydrogen-bond acceptors (Lipinski definition) is 5. The average Bonchev–Trinajstić information content (AvgIpc) is 3.11. The third-order valence-corrected chi connectivity index (χ3v) is 3.15. The number of nitrogens with zero attached hydrogens (tertiary/aromatic N) is 4. The predicted molar refractivity (Wildman–Crippen MR) is 80.1 cm³/mol. The van der Waals surface area contributed by atoms with Gasteiger partial charge >= 0.3 is 0 Å². The second-order valence-corrected chi connectivity index (χ2v) is 4.60. The Morgan fingerprint density at radius 1 is 1.22 bits per heavy atom. The van der Waals surface area contributed by atoms with Gasteiger partial charge in [0.2, 0.25) is 0 Å². The highest BCUT2D eigenvalue weighted by Crippen LogP contribution is 2.25. The first-order valence-electron chi connectivity index (χ1n) is 6.65. The Morgan fingerprint density at radius 2 is 2.00 bits per heavy atom. The van der Waals surface area contributed by atoms with E-state index in [1.54, 1.807) is 24.3 Å². The molecule has 3 rings (SSSR count). The molecule has 0 spiro atoms. The lowest BCUT2D eigenvalue weighted by Crippen LogP contribution is -2.13. The maximum atomic E-state index is 13.2. The van der Waals surface area contributed by atoms with Gasteiger partial charge in [0, 0.05) is 11.6 Å². The SMILES string of the molecule is COc1cc(F)ccc1NC(=O)c1ccc(-n2cnnn2)cc1. The number of anilines is 1. The van der Waals surface area contributed by atoms with Gasteiger partial charge in [0.05, 0.1) is 18.5 Å². The molecule has 1 N–H and O–H groups in total. The topological polar surface area (TPSA) is 81.9 Å². The van der Waals surface area contributed by atoms with Gasteiger partial charge < -0.3 is 10.1 Å². The molecule has 3 aromatic rings. The van der Waals surface area contributed by atoms with Gasteiger partial charge in [-0.2, -0.15) is 0 Å². The number of amides is 1. The number of aromatic nitrogens is 4. The monoisotopic (exact) mass is 313 g/mol. The molecule has 0 fully saturated rings. The molecular formula is C15H12FN5O2. The molecule has 0 radical (unpaired) electrons. The number of benzene rings is 2. The van der Waals surface area contributed by atoms with Crippen molar-refractivity contribution in [2.75, 3.05) is 12.4 Å². The number of tetrazole rings is 1. The van der Waals surface area contributed by atoms with Gasteiger partial charge in [0.15, 0.2) is 0 Å². The van der Waals surface area contributed by atoms with E-state index in [1.807, 2.05) is 0 Å². The van der Waals surface area contributed by atoms with Gasteiger partial charge in [-0.15, -0.1) is 5.10 Å². The Morgan fingerprint density at radius 3 is 2.65 bits per heavy atom. The van der Waals surface area contributed by atoms with Crippen LogP contribution in [0.15, 0.2) is 48.8 Å². The van der Waals surface area contributed by atoms with Crippen LogP contribution in [0, 0.1) is 5.82 Å². The number of halogens is 1. The summed E-state index contributed by atoms with van der Waals surface area (Å²) in [5.41, 5.74) is 1.56. The van der Waals surface area contributed by atoms with Crippen LogP contribution in [0.4, 0.5) is 10.1 Å². The minimum atomic E-state index is -0.439. The molecule has 1 amide bonds. The van der Waals surface area contributed by atoms with Crippen LogP contribution in [0.5, 0.6) is 5.75 Å². The highest BCUT2D eigenvalue weighted by atomic mass is 19.1. The van der Waals surface area contributed by atoms with E-state index in [0.717, 1.165) is 5.69 Å². The largest absolute Gasteiger partial charge is 0.494 e. The highest BCUT2D eigenvalue weighted by molar-refractivity contribution is 6.05. The van der Waals surface area contributed by atoms with E-state index in [2.05, 4.69) is 20.8 Å². The van der Waals surface area contributed by atoms with Crippen molar-refractivity contribution >= 4 is 11.6 Å². The third kappa shape index (κ3) is 3.15. The van der Waals surface area contributed by atoms with E-state index in [1.165, 1.54) is 36.3 Å². The van der Waals surface area contributed by atoms with Crippen molar-refractivity contribution in [3.8, 4) is 11.4 Å². The average molecular weight is 313 g/mol. The van der Waals surface area contributed by atoms with E-state index in [0.29, 0.717) is 11.3 Å². The molecular weight excluding hydrogens is 301 g/mol. The van der Waals surface area contributed by atoms with Crippen LogP contribution in [0.2, 0.25) is 0 Å². The first-order valence-corrected chi connectivity index (χ1v) is 6.65. The van der Waals surface area contributed by atoms with E-state index < -0.39 is 5.82 Å². The van der Waals surface area contributed by atoms with Crippen LogP contribution in [-0.2, 0) is 0 Å². The second-order valence-electron chi connectivity index (χ2n) is 4.60. The Balaban J connectivity index is 1.78. The summed E-state index contributed by atoms with van der Waals surface area (Å²) in [6, 6.07) is 10.6. The zero-order valence-corrected chi connectivity index (χ0v) is 12.1. The van der Waals surface area contributed by atoms with E-state index in [9.17, 15) is 9.18 Å². The number of carbonyl (C=O) groups excluding carboxylic acids is 1. The van der Waals surface area contributed by atoms with Crippen LogP contribution in [-0.4, -0.2) is 33.2 Å². The molecule has 1 heterocycles. The van der Waals surface area contributed by atoms with Crippen molar-refractivity contribution in [3.63, 3.8) is 0 Å². The van der Waals surface area contributed by atoms with Crippen molar-refractivity contribution in [1.29, 1.82) is 0 Å². The lowest BCUT2D eigenvalue weighted by atomic mass is 10.2. The number of methoxy groups -OCH3 is 1. The van der Waals surface area contributed by atoms with Gasteiger partial charge in [0.1, 0.15) is 17.9 Å². The second kappa shape index (κ2) is 6.22. The van der Waals surface area contributed by atoms with Gasteiger partial charge in [-0.05, 0) is 46.8 Å². The van der Waals surface area contributed by atoms with Crippen molar-refractivity contribution < 1.29 is 13.9 Å². The molecule has 0 aliphatic carbocycles. The molecule has 0 bridgehead atoms. The van der Waals surface area contributed by atoms with Crippen LogP contribution in [0.25, 0.3) is 5.69 Å². The van der Waals surface area contributed by atoms with Gasteiger partial charge in [-0.25, -0.2) is 9.07 Å². The molecule has 2 aromatic carbocycles. The third-order valence-electron chi connectivity index (χ3n) is 3.15. The summed E-state index contributed by atoms with van der Waals surface area (Å²) in [7, 11) is 1.41. The number of ether oxygens (including phenoxy) is 1. The molecule has 7 nitrogen and oxygen atoms in total. The molecule has 1 aromatic heterocycles. The van der Waals surface area contributed by atoms with E-state index in [4.69, 9.17) is 4.74 Å². The van der Waals surface area contributed by atoms with Crippen molar-refractivity contribution in [2.45, 2.75) is 0 Å². The molecule has 0 aliphatic heterocycles. The molecule has 23 heavy (non-hydrogen) atoms. The lowest BCUT2D eigenvalue weighted by molar-refractivity contribution is 0.102. The van der Waals surface area contributed by atoms with Gasteiger partial charge in [0.25, 0.3) is 5.91 Å². The van der Waals surface area contributed by atoms with Crippen LogP contribution >= 0.6 is 0 Å².